The smallest absolute Gasteiger partial charge is 0.138 e. The molecule has 0 spiro atoms. The Labute approximate surface area is 127 Å². The van der Waals surface area contributed by atoms with Gasteiger partial charge in [-0.1, -0.05) is 18.2 Å². The number of hydrogen-bond acceptors (Lipinski definition) is 3. The van der Waals surface area contributed by atoms with Crippen molar-refractivity contribution in [3.63, 3.8) is 0 Å². The van der Waals surface area contributed by atoms with Gasteiger partial charge in [-0.3, -0.25) is 4.98 Å². The lowest BCUT2D eigenvalue weighted by molar-refractivity contribution is 0.205. The normalized spacial score (nSPS) is 13.3. The molecule has 2 rings (SSSR count). The predicted octanol–water partition coefficient (Wildman–Crippen LogP) is 4.17. The van der Waals surface area contributed by atoms with E-state index in [-0.39, 0.29) is 11.6 Å². The summed E-state index contributed by atoms with van der Waals surface area (Å²) in [4.78, 5) is 4.43. The van der Waals surface area contributed by atoms with E-state index in [9.17, 15) is 0 Å². The van der Waals surface area contributed by atoms with Gasteiger partial charge < -0.3 is 10.1 Å². The molecule has 0 amide bonds. The first-order valence-corrected chi connectivity index (χ1v) is 7.70. The van der Waals surface area contributed by atoms with Crippen LogP contribution in [0.15, 0.2) is 36.5 Å². The van der Waals surface area contributed by atoms with E-state index in [0.717, 1.165) is 36.0 Å². The van der Waals surface area contributed by atoms with Gasteiger partial charge in [0.25, 0.3) is 0 Å². The molecule has 2 aromatic rings. The number of nitrogens with one attached hydrogen (secondary N) is 1. The summed E-state index contributed by atoms with van der Waals surface area (Å²) in [7, 11) is 0. The molecule has 0 aliphatic heterocycles. The van der Waals surface area contributed by atoms with Crippen molar-refractivity contribution >= 4 is 10.9 Å². The van der Waals surface area contributed by atoms with Gasteiger partial charge in [0, 0.05) is 10.9 Å². The maximum atomic E-state index is 5.96. The zero-order valence-electron chi connectivity index (χ0n) is 13.5. The van der Waals surface area contributed by atoms with Crippen LogP contribution in [0.5, 0.6) is 5.75 Å². The number of aromatic nitrogens is 1. The van der Waals surface area contributed by atoms with Gasteiger partial charge in [0.2, 0.25) is 0 Å². The number of fused-ring (bicyclic) bond motifs is 1. The van der Waals surface area contributed by atoms with Gasteiger partial charge in [-0.25, -0.2) is 0 Å². The Bertz CT molecular complexity index is 575. The summed E-state index contributed by atoms with van der Waals surface area (Å²) in [6, 6.07) is 10.2. The SMILES string of the molecule is CC(CCCNC(C)(C)C)Oc1cnc2ccccc2c1. The lowest BCUT2D eigenvalue weighted by Crippen LogP contribution is -2.36. The first kappa shape index (κ1) is 15.8. The Hall–Kier alpha value is -1.61. The molecule has 0 bridgehead atoms. The third-order valence-electron chi connectivity index (χ3n) is 3.35. The molecule has 0 saturated carbocycles. The number of rotatable bonds is 6. The fourth-order valence-electron chi connectivity index (χ4n) is 2.26. The van der Waals surface area contributed by atoms with Crippen LogP contribution in [-0.4, -0.2) is 23.2 Å². The average molecular weight is 286 g/mol. The molecular formula is C18H26N2O. The van der Waals surface area contributed by atoms with Crippen LogP contribution >= 0.6 is 0 Å². The predicted molar refractivity (Wildman–Crippen MR) is 88.8 cm³/mol. The van der Waals surface area contributed by atoms with E-state index >= 15 is 0 Å². The van der Waals surface area contributed by atoms with Crippen LogP contribution in [-0.2, 0) is 0 Å². The lowest BCUT2D eigenvalue weighted by Gasteiger charge is -2.21. The highest BCUT2D eigenvalue weighted by Gasteiger charge is 2.09. The largest absolute Gasteiger partial charge is 0.489 e. The van der Waals surface area contributed by atoms with E-state index in [0.29, 0.717) is 0 Å². The van der Waals surface area contributed by atoms with E-state index < -0.39 is 0 Å². The highest BCUT2D eigenvalue weighted by atomic mass is 16.5. The first-order chi connectivity index (χ1) is 9.94. The van der Waals surface area contributed by atoms with Gasteiger partial charge >= 0.3 is 0 Å². The van der Waals surface area contributed by atoms with Gasteiger partial charge in [0.05, 0.1) is 17.8 Å². The monoisotopic (exact) mass is 286 g/mol. The standard InChI is InChI=1S/C18H26N2O/c1-14(8-7-11-20-18(2,3)4)21-16-12-15-9-5-6-10-17(15)19-13-16/h5-6,9-10,12-14,20H,7-8,11H2,1-4H3. The maximum Gasteiger partial charge on any atom is 0.138 e. The number of ether oxygens (including phenoxy) is 1. The molecule has 0 aliphatic rings. The Morgan fingerprint density at radius 1 is 1.24 bits per heavy atom. The molecule has 0 aliphatic carbocycles. The van der Waals surface area contributed by atoms with E-state index in [1.165, 1.54) is 0 Å². The Balaban J connectivity index is 1.82. The molecule has 1 aromatic carbocycles. The van der Waals surface area contributed by atoms with Crippen molar-refractivity contribution in [2.45, 2.75) is 52.2 Å². The third kappa shape index (κ3) is 5.35. The highest BCUT2D eigenvalue weighted by molar-refractivity contribution is 5.79. The molecule has 1 atom stereocenters. The van der Waals surface area contributed by atoms with Crippen molar-refractivity contribution in [3.05, 3.63) is 36.5 Å². The van der Waals surface area contributed by atoms with Crippen molar-refractivity contribution in [2.24, 2.45) is 0 Å². The minimum Gasteiger partial charge on any atom is -0.489 e. The van der Waals surface area contributed by atoms with Crippen LogP contribution in [0.25, 0.3) is 10.9 Å². The van der Waals surface area contributed by atoms with E-state index in [1.54, 1.807) is 0 Å². The summed E-state index contributed by atoms with van der Waals surface area (Å²) in [6.07, 6.45) is 4.16. The van der Waals surface area contributed by atoms with Crippen LogP contribution in [0.4, 0.5) is 0 Å². The topological polar surface area (TPSA) is 34.1 Å². The van der Waals surface area contributed by atoms with Crippen molar-refractivity contribution in [2.75, 3.05) is 6.54 Å². The molecule has 1 unspecified atom stereocenters. The van der Waals surface area contributed by atoms with Crippen LogP contribution < -0.4 is 10.1 Å². The lowest BCUT2D eigenvalue weighted by atomic mass is 10.1. The number of nitrogens with zero attached hydrogens (tertiary/aromatic N) is 1. The highest BCUT2D eigenvalue weighted by Crippen LogP contribution is 2.19. The van der Waals surface area contributed by atoms with Gasteiger partial charge in [0.1, 0.15) is 5.75 Å². The fourth-order valence-corrected chi connectivity index (χ4v) is 2.26. The average Bonchev–Trinajstić information content (AvgIpc) is 2.42. The molecule has 21 heavy (non-hydrogen) atoms. The number of benzene rings is 1. The second-order valence-corrected chi connectivity index (χ2v) is 6.61. The molecule has 1 aromatic heterocycles. The summed E-state index contributed by atoms with van der Waals surface area (Å²) in [6.45, 7) is 9.70. The minimum absolute atomic E-state index is 0.187. The summed E-state index contributed by atoms with van der Waals surface area (Å²) >= 11 is 0. The van der Waals surface area contributed by atoms with E-state index in [1.807, 2.05) is 24.4 Å². The van der Waals surface area contributed by atoms with E-state index in [2.05, 4.69) is 50.1 Å². The van der Waals surface area contributed by atoms with Gasteiger partial charge in [-0.05, 0) is 59.2 Å². The molecule has 0 saturated heterocycles. The van der Waals surface area contributed by atoms with Crippen LogP contribution in [0, 0.1) is 0 Å². The Morgan fingerprint density at radius 3 is 2.76 bits per heavy atom. The zero-order chi connectivity index (χ0) is 15.3. The Morgan fingerprint density at radius 2 is 2.00 bits per heavy atom. The number of pyridine rings is 1. The molecule has 3 nitrogen and oxygen atoms in total. The van der Waals surface area contributed by atoms with Crippen LogP contribution in [0.2, 0.25) is 0 Å². The second kappa shape index (κ2) is 6.90. The summed E-state index contributed by atoms with van der Waals surface area (Å²) in [5, 5.41) is 4.62. The zero-order valence-corrected chi connectivity index (χ0v) is 13.5. The van der Waals surface area contributed by atoms with Gasteiger partial charge in [-0.2, -0.15) is 0 Å². The summed E-state index contributed by atoms with van der Waals surface area (Å²) in [5.74, 6) is 0.852. The molecule has 1 N–H and O–H groups in total. The number of para-hydroxylation sites is 1. The number of hydrogen-bond donors (Lipinski definition) is 1. The fraction of sp³-hybridized carbons (Fsp3) is 0.500. The summed E-state index contributed by atoms with van der Waals surface area (Å²) in [5.41, 5.74) is 1.19. The van der Waals surface area contributed by atoms with Crippen molar-refractivity contribution in [1.82, 2.24) is 10.3 Å². The molecular weight excluding hydrogens is 260 g/mol. The van der Waals surface area contributed by atoms with Crippen LogP contribution in [0.1, 0.15) is 40.5 Å². The van der Waals surface area contributed by atoms with Crippen LogP contribution in [0.3, 0.4) is 0 Å². The molecule has 0 fully saturated rings. The third-order valence-corrected chi connectivity index (χ3v) is 3.35. The van der Waals surface area contributed by atoms with Gasteiger partial charge in [0.15, 0.2) is 0 Å². The summed E-state index contributed by atoms with van der Waals surface area (Å²) < 4.78 is 5.96. The first-order valence-electron chi connectivity index (χ1n) is 7.70. The van der Waals surface area contributed by atoms with Crippen molar-refractivity contribution in [1.29, 1.82) is 0 Å². The molecule has 114 valence electrons. The minimum atomic E-state index is 0.187. The quantitative estimate of drug-likeness (QED) is 0.809. The maximum absolute atomic E-state index is 5.96. The second-order valence-electron chi connectivity index (χ2n) is 6.61. The molecule has 3 heteroatoms. The Kier molecular flexibility index (Phi) is 5.18. The van der Waals surface area contributed by atoms with Crippen molar-refractivity contribution < 1.29 is 4.74 Å². The van der Waals surface area contributed by atoms with Crippen molar-refractivity contribution in [3.8, 4) is 5.75 Å². The molecule has 0 radical (unpaired) electrons. The molecule has 1 heterocycles. The van der Waals surface area contributed by atoms with E-state index in [4.69, 9.17) is 4.74 Å². The van der Waals surface area contributed by atoms with Gasteiger partial charge in [-0.15, -0.1) is 0 Å².